The molecule has 128 valence electrons. The average molecular weight is 345 g/mol. The van der Waals surface area contributed by atoms with Gasteiger partial charge < -0.3 is 15.0 Å². The molecular weight excluding hydrogens is 322 g/mol. The molecule has 0 saturated heterocycles. The summed E-state index contributed by atoms with van der Waals surface area (Å²) in [4.78, 5) is 18.4. The number of likely N-dealkylation sites (N-methyl/N-ethyl adjacent to an activating group) is 1. The SMILES string of the molecule is C[C@@H](CN(C)C(=O)NC[C@@H]1CCOc2ccccc21)c1nccs1. The van der Waals surface area contributed by atoms with E-state index in [1.165, 1.54) is 5.56 Å². The minimum atomic E-state index is -0.0395. The number of aromatic nitrogens is 1. The first-order chi connectivity index (χ1) is 11.6. The summed E-state index contributed by atoms with van der Waals surface area (Å²) in [5, 5.41) is 6.09. The number of amides is 2. The summed E-state index contributed by atoms with van der Waals surface area (Å²) in [7, 11) is 1.83. The van der Waals surface area contributed by atoms with E-state index in [0.29, 0.717) is 25.6 Å². The molecule has 0 saturated carbocycles. The lowest BCUT2D eigenvalue weighted by atomic mass is 9.93. The summed E-state index contributed by atoms with van der Waals surface area (Å²) >= 11 is 1.63. The Morgan fingerprint density at radius 1 is 1.50 bits per heavy atom. The standard InChI is InChI=1S/C18H23N3O2S/c1-13(17-19-8-10-24-17)12-21(2)18(22)20-11-14-7-9-23-16-6-4-3-5-15(14)16/h3-6,8,10,13-14H,7,9,11-12H2,1-2H3,(H,20,22)/t13-,14-/m0/s1. The van der Waals surface area contributed by atoms with Crippen molar-refractivity contribution in [1.29, 1.82) is 0 Å². The van der Waals surface area contributed by atoms with Gasteiger partial charge >= 0.3 is 6.03 Å². The molecule has 2 atom stereocenters. The van der Waals surface area contributed by atoms with Gasteiger partial charge in [-0.3, -0.25) is 0 Å². The summed E-state index contributed by atoms with van der Waals surface area (Å²) < 4.78 is 5.67. The van der Waals surface area contributed by atoms with Crippen molar-refractivity contribution in [3.05, 3.63) is 46.4 Å². The number of hydrogen-bond donors (Lipinski definition) is 1. The van der Waals surface area contributed by atoms with Crippen molar-refractivity contribution < 1.29 is 9.53 Å². The van der Waals surface area contributed by atoms with Gasteiger partial charge in [0.2, 0.25) is 0 Å². The van der Waals surface area contributed by atoms with Crippen LogP contribution < -0.4 is 10.1 Å². The molecular formula is C18H23N3O2S. The van der Waals surface area contributed by atoms with E-state index in [1.807, 2.05) is 30.6 Å². The fourth-order valence-corrected chi connectivity index (χ4v) is 3.71. The van der Waals surface area contributed by atoms with Crippen LogP contribution >= 0.6 is 11.3 Å². The van der Waals surface area contributed by atoms with Gasteiger partial charge in [-0.2, -0.15) is 0 Å². The highest BCUT2D eigenvalue weighted by Gasteiger charge is 2.22. The number of nitrogens with zero attached hydrogens (tertiary/aromatic N) is 2. The molecule has 2 heterocycles. The van der Waals surface area contributed by atoms with Crippen LogP contribution in [0.3, 0.4) is 0 Å². The number of hydrogen-bond acceptors (Lipinski definition) is 4. The number of rotatable bonds is 5. The summed E-state index contributed by atoms with van der Waals surface area (Å²) in [6, 6.07) is 8.03. The van der Waals surface area contributed by atoms with E-state index in [4.69, 9.17) is 4.74 Å². The lowest BCUT2D eigenvalue weighted by Gasteiger charge is -2.27. The summed E-state index contributed by atoms with van der Waals surface area (Å²) in [5.74, 6) is 1.49. The second kappa shape index (κ2) is 7.66. The Balaban J connectivity index is 1.52. The molecule has 0 unspecified atom stereocenters. The van der Waals surface area contributed by atoms with Crippen LogP contribution in [0.1, 0.15) is 35.8 Å². The van der Waals surface area contributed by atoms with Gasteiger partial charge in [0, 0.05) is 43.5 Å². The van der Waals surface area contributed by atoms with E-state index in [0.717, 1.165) is 17.2 Å². The average Bonchev–Trinajstić information content (AvgIpc) is 3.14. The Bertz CT molecular complexity index is 675. The number of thiazole rings is 1. The Morgan fingerprint density at radius 3 is 3.12 bits per heavy atom. The Kier molecular flexibility index (Phi) is 5.35. The van der Waals surface area contributed by atoms with Gasteiger partial charge in [-0.15, -0.1) is 11.3 Å². The topological polar surface area (TPSA) is 54.5 Å². The van der Waals surface area contributed by atoms with Crippen LogP contribution in [0.15, 0.2) is 35.8 Å². The summed E-state index contributed by atoms with van der Waals surface area (Å²) in [5.41, 5.74) is 1.18. The maximum absolute atomic E-state index is 12.4. The highest BCUT2D eigenvalue weighted by molar-refractivity contribution is 7.09. The van der Waals surface area contributed by atoms with Gasteiger partial charge in [0.1, 0.15) is 5.75 Å². The molecule has 1 aliphatic heterocycles. The fraction of sp³-hybridized carbons (Fsp3) is 0.444. The van der Waals surface area contributed by atoms with E-state index in [2.05, 4.69) is 23.3 Å². The van der Waals surface area contributed by atoms with E-state index in [9.17, 15) is 4.79 Å². The third kappa shape index (κ3) is 3.87. The summed E-state index contributed by atoms with van der Waals surface area (Å²) in [6.45, 7) is 4.09. The monoisotopic (exact) mass is 345 g/mol. The molecule has 24 heavy (non-hydrogen) atoms. The smallest absolute Gasteiger partial charge is 0.317 e. The predicted octanol–water partition coefficient (Wildman–Crippen LogP) is 3.45. The molecule has 0 bridgehead atoms. The van der Waals surface area contributed by atoms with Crippen LogP contribution in [0, 0.1) is 0 Å². The van der Waals surface area contributed by atoms with Gasteiger partial charge in [0.05, 0.1) is 11.6 Å². The maximum Gasteiger partial charge on any atom is 0.317 e. The number of urea groups is 1. The lowest BCUT2D eigenvalue weighted by molar-refractivity contribution is 0.203. The normalized spacial score (nSPS) is 17.5. The quantitative estimate of drug-likeness (QED) is 0.903. The Morgan fingerprint density at radius 2 is 2.33 bits per heavy atom. The number of para-hydroxylation sites is 1. The highest BCUT2D eigenvalue weighted by atomic mass is 32.1. The van der Waals surface area contributed by atoms with Crippen LogP contribution in [0.2, 0.25) is 0 Å². The van der Waals surface area contributed by atoms with Crippen molar-refractivity contribution >= 4 is 17.4 Å². The number of carbonyl (C=O) groups excluding carboxylic acids is 1. The van der Waals surface area contributed by atoms with Crippen molar-refractivity contribution in [3.8, 4) is 5.75 Å². The zero-order valence-corrected chi connectivity index (χ0v) is 14.9. The van der Waals surface area contributed by atoms with Gasteiger partial charge in [0.15, 0.2) is 0 Å². The highest BCUT2D eigenvalue weighted by Crippen LogP contribution is 2.32. The van der Waals surface area contributed by atoms with Crippen molar-refractivity contribution in [2.75, 3.05) is 26.7 Å². The fourth-order valence-electron chi connectivity index (χ4n) is 3.02. The van der Waals surface area contributed by atoms with Crippen molar-refractivity contribution in [2.24, 2.45) is 0 Å². The number of ether oxygens (including phenoxy) is 1. The second-order valence-corrected chi connectivity index (χ2v) is 7.14. The number of benzene rings is 1. The predicted molar refractivity (Wildman–Crippen MR) is 95.9 cm³/mol. The van der Waals surface area contributed by atoms with Crippen LogP contribution in [0.5, 0.6) is 5.75 Å². The third-order valence-corrected chi connectivity index (χ3v) is 5.36. The van der Waals surface area contributed by atoms with Gasteiger partial charge in [-0.25, -0.2) is 9.78 Å². The third-order valence-electron chi connectivity index (χ3n) is 4.35. The van der Waals surface area contributed by atoms with E-state index < -0.39 is 0 Å². The molecule has 0 radical (unpaired) electrons. The molecule has 1 aromatic carbocycles. The molecule has 2 amide bonds. The first kappa shape index (κ1) is 16.8. The van der Waals surface area contributed by atoms with Crippen molar-refractivity contribution in [1.82, 2.24) is 15.2 Å². The number of nitrogens with one attached hydrogen (secondary N) is 1. The van der Waals surface area contributed by atoms with E-state index in [-0.39, 0.29) is 11.9 Å². The van der Waals surface area contributed by atoms with Crippen LogP contribution in [-0.4, -0.2) is 42.7 Å². The molecule has 5 nitrogen and oxygen atoms in total. The second-order valence-electron chi connectivity index (χ2n) is 6.21. The molecule has 0 spiro atoms. The van der Waals surface area contributed by atoms with Crippen molar-refractivity contribution in [3.63, 3.8) is 0 Å². The summed E-state index contributed by atoms with van der Waals surface area (Å²) in [6.07, 6.45) is 2.73. The molecule has 3 rings (SSSR count). The molecule has 1 aromatic heterocycles. The number of fused-ring (bicyclic) bond motifs is 1. The minimum absolute atomic E-state index is 0.0395. The lowest BCUT2D eigenvalue weighted by Crippen LogP contribution is -2.41. The molecule has 0 fully saturated rings. The van der Waals surface area contributed by atoms with Gasteiger partial charge in [-0.05, 0) is 18.1 Å². The first-order valence-electron chi connectivity index (χ1n) is 8.25. The van der Waals surface area contributed by atoms with Crippen molar-refractivity contribution in [2.45, 2.75) is 25.2 Å². The maximum atomic E-state index is 12.4. The van der Waals surface area contributed by atoms with Crippen LogP contribution in [0.25, 0.3) is 0 Å². The zero-order chi connectivity index (χ0) is 16.9. The van der Waals surface area contributed by atoms with E-state index in [1.54, 1.807) is 22.4 Å². The van der Waals surface area contributed by atoms with Crippen LogP contribution in [0.4, 0.5) is 4.79 Å². The molecule has 1 N–H and O–H groups in total. The Labute approximate surface area is 146 Å². The van der Waals surface area contributed by atoms with Gasteiger partial charge in [-0.1, -0.05) is 25.1 Å². The minimum Gasteiger partial charge on any atom is -0.493 e. The molecule has 1 aliphatic rings. The largest absolute Gasteiger partial charge is 0.493 e. The van der Waals surface area contributed by atoms with Crippen LogP contribution in [-0.2, 0) is 0 Å². The van der Waals surface area contributed by atoms with E-state index >= 15 is 0 Å². The van der Waals surface area contributed by atoms with Gasteiger partial charge in [0.25, 0.3) is 0 Å². The number of carbonyl (C=O) groups is 1. The molecule has 6 heteroatoms. The molecule has 2 aromatic rings. The first-order valence-corrected chi connectivity index (χ1v) is 9.13. The molecule has 0 aliphatic carbocycles. The zero-order valence-electron chi connectivity index (χ0n) is 14.1. The Hall–Kier alpha value is -2.08.